The van der Waals surface area contributed by atoms with E-state index in [4.69, 9.17) is 0 Å². The molecule has 2 amide bonds. The summed E-state index contributed by atoms with van der Waals surface area (Å²) in [4.78, 5) is 23.2. The molecule has 1 aromatic heterocycles. The van der Waals surface area contributed by atoms with Crippen molar-refractivity contribution in [3.63, 3.8) is 0 Å². The molecule has 0 aliphatic rings. The van der Waals surface area contributed by atoms with E-state index >= 15 is 0 Å². The number of carbonyl (C=O) groups excluding carboxylic acids is 2. The molecule has 1 aromatic carbocycles. The molecule has 2 N–H and O–H groups in total. The molecule has 8 heteroatoms. The molecule has 2 rings (SSSR count). The van der Waals surface area contributed by atoms with Gasteiger partial charge in [-0.25, -0.2) is 0 Å². The van der Waals surface area contributed by atoms with E-state index in [1.54, 1.807) is 29.6 Å². The van der Waals surface area contributed by atoms with Crippen molar-refractivity contribution in [1.82, 2.24) is 15.2 Å². The van der Waals surface area contributed by atoms with Gasteiger partial charge < -0.3 is 15.2 Å². The van der Waals surface area contributed by atoms with Crippen LogP contribution in [0.25, 0.3) is 5.69 Å². The van der Waals surface area contributed by atoms with Crippen LogP contribution < -0.4 is 10.6 Å². The highest BCUT2D eigenvalue weighted by Crippen LogP contribution is 2.17. The molecule has 5 nitrogen and oxygen atoms in total. The number of amides is 2. The number of aryl methyl sites for hydroxylation is 2. The van der Waals surface area contributed by atoms with Gasteiger partial charge in [-0.05, 0) is 50.2 Å². The maximum atomic E-state index is 12.0. The number of nitrogens with one attached hydrogen (secondary N) is 2. The summed E-state index contributed by atoms with van der Waals surface area (Å²) in [7, 11) is 0. The molecule has 0 bridgehead atoms. The lowest BCUT2D eigenvalue weighted by molar-refractivity contribution is -0.137. The van der Waals surface area contributed by atoms with Crippen molar-refractivity contribution < 1.29 is 22.8 Å². The summed E-state index contributed by atoms with van der Waals surface area (Å²) in [5, 5.41) is 3.97. The number of nitrogens with zero attached hydrogens (tertiary/aromatic N) is 1. The summed E-state index contributed by atoms with van der Waals surface area (Å²) in [6.45, 7) is 1.98. The van der Waals surface area contributed by atoms with E-state index in [-0.39, 0.29) is 0 Å². The first kappa shape index (κ1) is 18.6. The third kappa shape index (κ3) is 5.10. The lowest BCUT2D eigenvalue weighted by atomic mass is 10.2. The molecule has 0 saturated carbocycles. The Morgan fingerprint density at radius 2 is 1.52 bits per heavy atom. The van der Waals surface area contributed by atoms with Crippen molar-refractivity contribution in [2.45, 2.75) is 20.0 Å². The molecule has 2 aromatic rings. The zero-order chi connectivity index (χ0) is 18.6. The molecule has 0 fully saturated rings. The first-order chi connectivity index (χ1) is 11.7. The molecular weight excluding hydrogens is 335 g/mol. The fourth-order valence-electron chi connectivity index (χ4n) is 2.36. The van der Waals surface area contributed by atoms with Gasteiger partial charge in [0.05, 0.1) is 6.54 Å². The van der Waals surface area contributed by atoms with Crippen LogP contribution in [0.2, 0.25) is 0 Å². The fourth-order valence-corrected chi connectivity index (χ4v) is 2.36. The van der Waals surface area contributed by atoms with E-state index in [9.17, 15) is 22.8 Å². The summed E-state index contributed by atoms with van der Waals surface area (Å²) in [6.07, 6.45) is -4.48. The van der Waals surface area contributed by atoms with Crippen LogP contribution in [0.4, 0.5) is 13.2 Å². The van der Waals surface area contributed by atoms with E-state index < -0.39 is 31.1 Å². The molecule has 0 atom stereocenters. The van der Waals surface area contributed by atoms with Gasteiger partial charge in [0.15, 0.2) is 0 Å². The van der Waals surface area contributed by atoms with E-state index in [2.05, 4.69) is 5.32 Å². The molecule has 1 heterocycles. The average molecular weight is 353 g/mol. The van der Waals surface area contributed by atoms with Crippen molar-refractivity contribution >= 4 is 11.8 Å². The Balaban J connectivity index is 1.94. The predicted octanol–water partition coefficient (Wildman–Crippen LogP) is 2.50. The Morgan fingerprint density at radius 1 is 0.960 bits per heavy atom. The zero-order valence-corrected chi connectivity index (χ0v) is 13.8. The number of halogens is 3. The Labute approximate surface area is 142 Å². The van der Waals surface area contributed by atoms with E-state index in [1.807, 2.05) is 30.5 Å². The van der Waals surface area contributed by atoms with Crippen LogP contribution in [0.15, 0.2) is 36.4 Å². The first-order valence-electron chi connectivity index (χ1n) is 7.54. The predicted molar refractivity (Wildman–Crippen MR) is 86.6 cm³/mol. The highest BCUT2D eigenvalue weighted by Gasteiger charge is 2.27. The van der Waals surface area contributed by atoms with Gasteiger partial charge in [-0.3, -0.25) is 9.59 Å². The summed E-state index contributed by atoms with van der Waals surface area (Å²) < 4.78 is 38.0. The van der Waals surface area contributed by atoms with Crippen LogP contribution in [0, 0.1) is 13.8 Å². The summed E-state index contributed by atoms with van der Waals surface area (Å²) in [5.41, 5.74) is 3.31. The second kappa shape index (κ2) is 7.42. The van der Waals surface area contributed by atoms with Crippen LogP contribution >= 0.6 is 0 Å². The maximum Gasteiger partial charge on any atom is 0.405 e. The maximum absolute atomic E-state index is 12.0. The normalized spacial score (nSPS) is 11.2. The highest BCUT2D eigenvalue weighted by atomic mass is 19.4. The molecule has 0 aliphatic heterocycles. The molecule has 0 spiro atoms. The van der Waals surface area contributed by atoms with Gasteiger partial charge in [-0.1, -0.05) is 0 Å². The van der Waals surface area contributed by atoms with Crippen LogP contribution in [0.1, 0.15) is 21.7 Å². The minimum absolute atomic E-state index is 0.315. The number of hydrogen-bond donors (Lipinski definition) is 2. The number of carbonyl (C=O) groups is 2. The lowest BCUT2D eigenvalue weighted by Crippen LogP contribution is -2.40. The van der Waals surface area contributed by atoms with Crippen molar-refractivity contribution in [1.29, 1.82) is 0 Å². The van der Waals surface area contributed by atoms with Crippen LogP contribution in [-0.4, -0.2) is 35.6 Å². The molecule has 0 aliphatic carbocycles. The third-order valence-electron chi connectivity index (χ3n) is 3.55. The average Bonchev–Trinajstić information content (AvgIpc) is 2.89. The number of rotatable bonds is 5. The van der Waals surface area contributed by atoms with Gasteiger partial charge >= 0.3 is 6.18 Å². The van der Waals surface area contributed by atoms with Gasteiger partial charge in [0.2, 0.25) is 5.91 Å². The van der Waals surface area contributed by atoms with E-state index in [1.165, 1.54) is 0 Å². The van der Waals surface area contributed by atoms with E-state index in [0.29, 0.717) is 5.56 Å². The second-order valence-electron chi connectivity index (χ2n) is 5.57. The molecular formula is C17H18F3N3O2. The van der Waals surface area contributed by atoms with Crippen molar-refractivity contribution in [3.8, 4) is 5.69 Å². The topological polar surface area (TPSA) is 63.1 Å². The molecule has 25 heavy (non-hydrogen) atoms. The SMILES string of the molecule is Cc1ccc(C)n1-c1ccc(C(=O)NCC(=O)NCC(F)(F)F)cc1. The molecule has 0 unspecified atom stereocenters. The summed E-state index contributed by atoms with van der Waals surface area (Å²) in [6, 6.07) is 10.7. The minimum atomic E-state index is -4.48. The smallest absolute Gasteiger partial charge is 0.345 e. The Hall–Kier alpha value is -2.77. The lowest BCUT2D eigenvalue weighted by Gasteiger charge is -2.11. The number of alkyl halides is 3. The molecule has 134 valence electrons. The van der Waals surface area contributed by atoms with Gasteiger partial charge in [0, 0.05) is 22.6 Å². The van der Waals surface area contributed by atoms with Crippen LogP contribution in [0.5, 0.6) is 0 Å². The van der Waals surface area contributed by atoms with Gasteiger partial charge in [0.25, 0.3) is 5.91 Å². The van der Waals surface area contributed by atoms with Crippen LogP contribution in [-0.2, 0) is 4.79 Å². The van der Waals surface area contributed by atoms with E-state index in [0.717, 1.165) is 17.1 Å². The summed E-state index contributed by atoms with van der Waals surface area (Å²) >= 11 is 0. The zero-order valence-electron chi connectivity index (χ0n) is 13.8. The largest absolute Gasteiger partial charge is 0.405 e. The summed E-state index contributed by atoms with van der Waals surface area (Å²) in [5.74, 6) is -1.43. The standard InChI is InChI=1S/C17H18F3N3O2/c1-11-3-4-12(2)23(11)14-7-5-13(6-8-14)16(25)21-9-15(24)22-10-17(18,19)20/h3-8H,9-10H2,1-2H3,(H,21,25)(H,22,24). The second-order valence-corrected chi connectivity index (χ2v) is 5.57. The minimum Gasteiger partial charge on any atom is -0.345 e. The van der Waals surface area contributed by atoms with Crippen molar-refractivity contribution in [3.05, 3.63) is 53.3 Å². The highest BCUT2D eigenvalue weighted by molar-refractivity contribution is 5.96. The molecule has 0 radical (unpaired) electrons. The third-order valence-corrected chi connectivity index (χ3v) is 3.55. The first-order valence-corrected chi connectivity index (χ1v) is 7.54. The van der Waals surface area contributed by atoms with Crippen molar-refractivity contribution in [2.75, 3.05) is 13.1 Å². The number of benzene rings is 1. The Bertz CT molecular complexity index is 745. The van der Waals surface area contributed by atoms with Gasteiger partial charge in [-0.2, -0.15) is 13.2 Å². The number of hydrogen-bond acceptors (Lipinski definition) is 2. The quantitative estimate of drug-likeness (QED) is 0.868. The van der Waals surface area contributed by atoms with Gasteiger partial charge in [0.1, 0.15) is 6.54 Å². The Morgan fingerprint density at radius 3 is 2.04 bits per heavy atom. The van der Waals surface area contributed by atoms with Crippen LogP contribution in [0.3, 0.4) is 0 Å². The van der Waals surface area contributed by atoms with Gasteiger partial charge in [-0.15, -0.1) is 0 Å². The Kier molecular flexibility index (Phi) is 5.51. The fraction of sp³-hybridized carbons (Fsp3) is 0.294. The number of aromatic nitrogens is 1. The molecule has 0 saturated heterocycles. The van der Waals surface area contributed by atoms with Crippen molar-refractivity contribution in [2.24, 2.45) is 0 Å². The monoisotopic (exact) mass is 353 g/mol.